The van der Waals surface area contributed by atoms with Gasteiger partial charge in [-0.2, -0.15) is 0 Å². The first-order chi connectivity index (χ1) is 9.07. The van der Waals surface area contributed by atoms with Gasteiger partial charge in [0, 0.05) is 6.54 Å². The van der Waals surface area contributed by atoms with E-state index in [1.165, 1.54) is 0 Å². The fourth-order valence-corrected chi connectivity index (χ4v) is 1.93. The zero-order chi connectivity index (χ0) is 15.6. The number of sulfonamides is 1. The van der Waals surface area contributed by atoms with Crippen molar-refractivity contribution < 1.29 is 17.6 Å². The number of hydrogen-bond acceptors (Lipinski definition) is 3. The van der Waals surface area contributed by atoms with E-state index in [1.54, 1.807) is 0 Å². The molecular weight excluding hydrogens is 283 g/mol. The first-order valence-electron chi connectivity index (χ1n) is 6.17. The van der Waals surface area contributed by atoms with Gasteiger partial charge in [-0.25, -0.2) is 17.9 Å². The van der Waals surface area contributed by atoms with Crippen molar-refractivity contribution >= 4 is 15.9 Å². The molecule has 20 heavy (non-hydrogen) atoms. The number of carbonyl (C=O) groups excluding carboxylic acids is 1. The molecule has 1 aromatic carbocycles. The lowest BCUT2D eigenvalue weighted by atomic mass is 9.90. The third-order valence-corrected chi connectivity index (χ3v) is 4.11. The molecular formula is C13H19FN2O3S. The number of halogens is 1. The van der Waals surface area contributed by atoms with Gasteiger partial charge in [0.25, 0.3) is 5.91 Å². The minimum atomic E-state index is -3.97. The Labute approximate surface area is 118 Å². The van der Waals surface area contributed by atoms with Crippen molar-refractivity contribution in [2.75, 3.05) is 6.54 Å². The quantitative estimate of drug-likeness (QED) is 0.866. The van der Waals surface area contributed by atoms with Gasteiger partial charge in [-0.15, -0.1) is 0 Å². The molecule has 0 radical (unpaired) electrons. The van der Waals surface area contributed by atoms with Gasteiger partial charge in [0.15, 0.2) is 0 Å². The molecule has 0 aromatic heterocycles. The highest BCUT2D eigenvalue weighted by Gasteiger charge is 2.20. The summed E-state index contributed by atoms with van der Waals surface area (Å²) in [5.41, 5.74) is -0.451. The van der Waals surface area contributed by atoms with Gasteiger partial charge < -0.3 is 5.32 Å². The molecule has 3 N–H and O–H groups in total. The molecule has 0 fully saturated rings. The summed E-state index contributed by atoms with van der Waals surface area (Å²) in [5.74, 6) is -1.45. The molecule has 0 aliphatic carbocycles. The average Bonchev–Trinajstić information content (AvgIpc) is 2.35. The van der Waals surface area contributed by atoms with Crippen LogP contribution in [-0.4, -0.2) is 20.9 Å². The van der Waals surface area contributed by atoms with Crippen molar-refractivity contribution in [1.29, 1.82) is 0 Å². The first-order valence-corrected chi connectivity index (χ1v) is 7.72. The molecule has 0 saturated carbocycles. The summed E-state index contributed by atoms with van der Waals surface area (Å²) >= 11 is 0. The Balaban J connectivity index is 2.99. The molecule has 0 heterocycles. The molecule has 0 unspecified atom stereocenters. The predicted octanol–water partition coefficient (Wildman–Crippen LogP) is 1.64. The number of amides is 1. The van der Waals surface area contributed by atoms with Crippen LogP contribution in [0.4, 0.5) is 4.39 Å². The molecule has 0 atom stereocenters. The van der Waals surface area contributed by atoms with Crippen molar-refractivity contribution in [3.05, 3.63) is 29.6 Å². The van der Waals surface area contributed by atoms with Gasteiger partial charge in [0.1, 0.15) is 5.82 Å². The second-order valence-electron chi connectivity index (χ2n) is 5.39. The van der Waals surface area contributed by atoms with Crippen LogP contribution < -0.4 is 10.5 Å². The van der Waals surface area contributed by atoms with E-state index in [1.807, 2.05) is 20.8 Å². The van der Waals surface area contributed by atoms with Gasteiger partial charge in [0.2, 0.25) is 10.0 Å². The van der Waals surface area contributed by atoms with E-state index in [0.717, 1.165) is 24.6 Å². The molecule has 5 nitrogen and oxygen atoms in total. The van der Waals surface area contributed by atoms with Crippen LogP contribution in [0, 0.1) is 11.2 Å². The Hall–Kier alpha value is -1.47. The summed E-state index contributed by atoms with van der Waals surface area (Å²) in [7, 11) is -3.97. The summed E-state index contributed by atoms with van der Waals surface area (Å²) in [6.45, 7) is 6.27. The number of nitrogens with one attached hydrogen (secondary N) is 1. The van der Waals surface area contributed by atoms with Crippen molar-refractivity contribution in [2.24, 2.45) is 10.6 Å². The molecule has 0 spiro atoms. The van der Waals surface area contributed by atoms with E-state index >= 15 is 0 Å². The number of hydrogen-bond donors (Lipinski definition) is 2. The van der Waals surface area contributed by atoms with Crippen LogP contribution in [0.15, 0.2) is 23.1 Å². The average molecular weight is 302 g/mol. The van der Waals surface area contributed by atoms with Crippen molar-refractivity contribution in [3.63, 3.8) is 0 Å². The smallest absolute Gasteiger partial charge is 0.254 e. The lowest BCUT2D eigenvalue weighted by Crippen LogP contribution is -2.34. The standard InChI is InChI=1S/C13H19FN2O3S/c1-4-13(2,3)8-16-12(17)10-7-9(20(15,18)19)5-6-11(10)14/h5-7H,4,8H2,1-3H3,(H,16,17)(H2,15,18,19). The van der Waals surface area contributed by atoms with Gasteiger partial charge in [0.05, 0.1) is 10.5 Å². The summed E-state index contributed by atoms with van der Waals surface area (Å²) in [6.07, 6.45) is 0.840. The van der Waals surface area contributed by atoms with Crippen LogP contribution in [0.5, 0.6) is 0 Å². The minimum absolute atomic E-state index is 0.121. The Bertz CT molecular complexity index is 612. The van der Waals surface area contributed by atoms with E-state index in [-0.39, 0.29) is 15.9 Å². The van der Waals surface area contributed by atoms with Crippen LogP contribution >= 0.6 is 0 Å². The minimum Gasteiger partial charge on any atom is -0.351 e. The number of rotatable bonds is 5. The largest absolute Gasteiger partial charge is 0.351 e. The number of carbonyl (C=O) groups is 1. The highest BCUT2D eigenvalue weighted by atomic mass is 32.2. The van der Waals surface area contributed by atoms with Crippen LogP contribution in [0.25, 0.3) is 0 Å². The Morgan fingerprint density at radius 1 is 1.40 bits per heavy atom. The zero-order valence-electron chi connectivity index (χ0n) is 11.7. The highest BCUT2D eigenvalue weighted by Crippen LogP contribution is 2.19. The van der Waals surface area contributed by atoms with E-state index in [2.05, 4.69) is 5.32 Å². The maximum absolute atomic E-state index is 13.6. The molecule has 0 aliphatic heterocycles. The zero-order valence-corrected chi connectivity index (χ0v) is 12.6. The van der Waals surface area contributed by atoms with Crippen LogP contribution in [0.1, 0.15) is 37.6 Å². The molecule has 1 rings (SSSR count). The van der Waals surface area contributed by atoms with E-state index in [0.29, 0.717) is 6.54 Å². The van der Waals surface area contributed by atoms with Gasteiger partial charge in [-0.1, -0.05) is 20.8 Å². The van der Waals surface area contributed by atoms with Crippen molar-refractivity contribution in [3.8, 4) is 0 Å². The lowest BCUT2D eigenvalue weighted by molar-refractivity contribution is 0.0931. The van der Waals surface area contributed by atoms with E-state index in [9.17, 15) is 17.6 Å². The van der Waals surface area contributed by atoms with Crippen LogP contribution in [-0.2, 0) is 10.0 Å². The Morgan fingerprint density at radius 2 is 2.00 bits per heavy atom. The lowest BCUT2D eigenvalue weighted by Gasteiger charge is -2.22. The first kappa shape index (κ1) is 16.6. The number of primary sulfonamides is 1. The molecule has 0 bridgehead atoms. The monoisotopic (exact) mass is 302 g/mol. The third kappa shape index (κ3) is 4.28. The summed E-state index contributed by atoms with van der Waals surface area (Å²) in [4.78, 5) is 11.6. The summed E-state index contributed by atoms with van der Waals surface area (Å²) in [6, 6.07) is 2.88. The van der Waals surface area contributed by atoms with E-state index < -0.39 is 21.7 Å². The topological polar surface area (TPSA) is 89.3 Å². The molecule has 112 valence electrons. The summed E-state index contributed by atoms with van der Waals surface area (Å²) < 4.78 is 36.0. The molecule has 7 heteroatoms. The Kier molecular flexibility index (Phi) is 4.88. The number of nitrogens with two attached hydrogens (primary N) is 1. The third-order valence-electron chi connectivity index (χ3n) is 3.20. The predicted molar refractivity (Wildman–Crippen MR) is 74.2 cm³/mol. The van der Waals surface area contributed by atoms with Gasteiger partial charge in [-0.05, 0) is 30.0 Å². The second-order valence-corrected chi connectivity index (χ2v) is 6.95. The van der Waals surface area contributed by atoms with E-state index in [4.69, 9.17) is 5.14 Å². The molecule has 1 aromatic rings. The summed E-state index contributed by atoms with van der Waals surface area (Å²) in [5, 5.41) is 7.55. The fourth-order valence-electron chi connectivity index (χ4n) is 1.40. The van der Waals surface area contributed by atoms with Gasteiger partial charge >= 0.3 is 0 Å². The second kappa shape index (κ2) is 5.88. The van der Waals surface area contributed by atoms with Crippen molar-refractivity contribution in [2.45, 2.75) is 32.1 Å². The molecule has 1 amide bonds. The van der Waals surface area contributed by atoms with Crippen molar-refractivity contribution in [1.82, 2.24) is 5.32 Å². The maximum atomic E-state index is 13.6. The normalized spacial score (nSPS) is 12.2. The molecule has 0 aliphatic rings. The Morgan fingerprint density at radius 3 is 2.50 bits per heavy atom. The maximum Gasteiger partial charge on any atom is 0.254 e. The van der Waals surface area contributed by atoms with Crippen LogP contribution in [0.2, 0.25) is 0 Å². The van der Waals surface area contributed by atoms with Gasteiger partial charge in [-0.3, -0.25) is 4.79 Å². The number of benzene rings is 1. The highest BCUT2D eigenvalue weighted by molar-refractivity contribution is 7.89. The SMILES string of the molecule is CCC(C)(C)CNC(=O)c1cc(S(N)(=O)=O)ccc1F. The van der Waals surface area contributed by atoms with Crippen LogP contribution in [0.3, 0.4) is 0 Å². The fraction of sp³-hybridized carbons (Fsp3) is 0.462. The molecule has 0 saturated heterocycles.